The molecule has 0 aromatic rings. The van der Waals surface area contributed by atoms with E-state index in [4.69, 9.17) is 0 Å². The van der Waals surface area contributed by atoms with Gasteiger partial charge in [0.1, 0.15) is 11.6 Å². The zero-order valence-electron chi connectivity index (χ0n) is 13.7. The topological polar surface area (TPSA) is 34.1 Å². The van der Waals surface area contributed by atoms with E-state index in [1.165, 1.54) is 25.7 Å². The van der Waals surface area contributed by atoms with E-state index in [9.17, 15) is 9.59 Å². The van der Waals surface area contributed by atoms with Crippen LogP contribution in [0.25, 0.3) is 0 Å². The van der Waals surface area contributed by atoms with Crippen molar-refractivity contribution in [3.05, 3.63) is 0 Å². The van der Waals surface area contributed by atoms with Gasteiger partial charge in [0.2, 0.25) is 0 Å². The molecule has 0 N–H and O–H groups in total. The zero-order valence-corrected chi connectivity index (χ0v) is 13.7. The Kier molecular flexibility index (Phi) is 4.25. The molecule has 0 atom stereocenters. The molecular weight excluding hydrogens is 260 g/mol. The van der Waals surface area contributed by atoms with Crippen LogP contribution in [0.1, 0.15) is 78.1 Å². The molecule has 0 heterocycles. The predicted octanol–water partition coefficient (Wildman–Crippen LogP) is 4.56. The molecule has 0 amide bonds. The largest absolute Gasteiger partial charge is 0.299 e. The summed E-state index contributed by atoms with van der Waals surface area (Å²) >= 11 is 0. The number of hydrogen-bond donors (Lipinski definition) is 0. The Hall–Kier alpha value is -0.660. The molecule has 2 heteroatoms. The molecule has 3 saturated carbocycles. The van der Waals surface area contributed by atoms with Crippen molar-refractivity contribution in [3.63, 3.8) is 0 Å². The van der Waals surface area contributed by atoms with E-state index >= 15 is 0 Å². The van der Waals surface area contributed by atoms with Gasteiger partial charge in [-0.05, 0) is 75.0 Å². The van der Waals surface area contributed by atoms with Crippen molar-refractivity contribution in [3.8, 4) is 0 Å². The van der Waals surface area contributed by atoms with Crippen LogP contribution in [0.4, 0.5) is 0 Å². The van der Waals surface area contributed by atoms with Gasteiger partial charge in [0, 0.05) is 12.8 Å². The minimum atomic E-state index is -0.522. The van der Waals surface area contributed by atoms with Gasteiger partial charge in [0.05, 0.1) is 5.41 Å². The summed E-state index contributed by atoms with van der Waals surface area (Å²) in [7, 11) is 0. The Bertz CT molecular complexity index is 389. The van der Waals surface area contributed by atoms with E-state index in [0.29, 0.717) is 12.8 Å². The number of carbonyl (C=O) groups excluding carboxylic acids is 2. The van der Waals surface area contributed by atoms with Crippen LogP contribution in [-0.2, 0) is 9.59 Å². The molecule has 3 aliphatic carbocycles. The van der Waals surface area contributed by atoms with Crippen LogP contribution in [0.3, 0.4) is 0 Å². The number of Topliss-reactive ketones (excluding diaryl/α,β-unsaturated/α-hetero) is 2. The van der Waals surface area contributed by atoms with Crippen molar-refractivity contribution in [2.75, 3.05) is 0 Å². The van der Waals surface area contributed by atoms with Gasteiger partial charge < -0.3 is 0 Å². The summed E-state index contributed by atoms with van der Waals surface area (Å²) in [4.78, 5) is 24.3. The smallest absolute Gasteiger partial charge is 0.146 e. The maximum Gasteiger partial charge on any atom is 0.146 e. The first-order valence-corrected chi connectivity index (χ1v) is 9.09. The molecule has 0 bridgehead atoms. The van der Waals surface area contributed by atoms with Gasteiger partial charge in [-0.15, -0.1) is 0 Å². The average Bonchev–Trinajstić information content (AvgIpc) is 2.77. The predicted molar refractivity (Wildman–Crippen MR) is 83.9 cm³/mol. The quantitative estimate of drug-likeness (QED) is 0.699. The second kappa shape index (κ2) is 5.85. The van der Waals surface area contributed by atoms with Gasteiger partial charge >= 0.3 is 0 Å². The van der Waals surface area contributed by atoms with Crippen molar-refractivity contribution in [1.29, 1.82) is 0 Å². The Morgan fingerprint density at radius 3 is 1.76 bits per heavy atom. The Morgan fingerprint density at radius 1 is 0.810 bits per heavy atom. The molecule has 0 saturated heterocycles. The normalized spacial score (nSPS) is 34.0. The Balaban J connectivity index is 1.55. The van der Waals surface area contributed by atoms with Gasteiger partial charge in [-0.3, -0.25) is 9.59 Å². The lowest BCUT2D eigenvalue weighted by Crippen LogP contribution is -2.39. The highest BCUT2D eigenvalue weighted by Crippen LogP contribution is 2.49. The monoisotopic (exact) mass is 290 g/mol. The van der Waals surface area contributed by atoms with Crippen molar-refractivity contribution in [2.24, 2.45) is 29.1 Å². The summed E-state index contributed by atoms with van der Waals surface area (Å²) in [5, 5.41) is 0. The number of ketones is 2. The standard InChI is InChI=1S/C19H30O2/c1-13(2)14-3-5-15(6-4-14)16-9-11-19(12-10-16)17(20)7-8-18(19)21/h13-16H,3-12H2,1-2H3. The number of hydrogen-bond acceptors (Lipinski definition) is 2. The molecule has 0 aromatic heterocycles. The molecular formula is C19H30O2. The first-order chi connectivity index (χ1) is 10.0. The SMILES string of the molecule is CC(C)C1CCC(C2CCC3(CC2)C(=O)CCC3=O)CC1. The summed E-state index contributed by atoms with van der Waals surface area (Å²) in [5.41, 5.74) is -0.522. The van der Waals surface area contributed by atoms with E-state index in [-0.39, 0.29) is 11.6 Å². The Labute approximate surface area is 129 Å². The molecule has 0 unspecified atom stereocenters. The molecule has 1 spiro atoms. The van der Waals surface area contributed by atoms with Gasteiger partial charge in [0.25, 0.3) is 0 Å². The van der Waals surface area contributed by atoms with Crippen LogP contribution in [-0.4, -0.2) is 11.6 Å². The number of carbonyl (C=O) groups is 2. The van der Waals surface area contributed by atoms with Gasteiger partial charge in [0.15, 0.2) is 0 Å². The molecule has 2 nitrogen and oxygen atoms in total. The lowest BCUT2D eigenvalue weighted by Gasteiger charge is -2.41. The second-order valence-electron chi connectivity index (χ2n) is 8.18. The van der Waals surface area contributed by atoms with Crippen molar-refractivity contribution in [1.82, 2.24) is 0 Å². The first-order valence-electron chi connectivity index (χ1n) is 9.09. The third-order valence-electron chi connectivity index (χ3n) is 6.96. The molecule has 0 aliphatic heterocycles. The van der Waals surface area contributed by atoms with Crippen LogP contribution < -0.4 is 0 Å². The summed E-state index contributed by atoms with van der Waals surface area (Å²) in [6, 6.07) is 0. The summed E-state index contributed by atoms with van der Waals surface area (Å²) in [6.07, 6.45) is 10.5. The van der Waals surface area contributed by atoms with E-state index in [2.05, 4.69) is 13.8 Å². The average molecular weight is 290 g/mol. The fraction of sp³-hybridized carbons (Fsp3) is 0.895. The molecule has 0 radical (unpaired) electrons. The van der Waals surface area contributed by atoms with Gasteiger partial charge in [-0.2, -0.15) is 0 Å². The highest BCUT2D eigenvalue weighted by Gasteiger charge is 2.51. The van der Waals surface area contributed by atoms with E-state index < -0.39 is 5.41 Å². The molecule has 3 aliphatic rings. The summed E-state index contributed by atoms with van der Waals surface area (Å²) in [6.45, 7) is 4.71. The van der Waals surface area contributed by atoms with Crippen LogP contribution >= 0.6 is 0 Å². The summed E-state index contributed by atoms with van der Waals surface area (Å²) in [5.74, 6) is 3.92. The van der Waals surface area contributed by atoms with Crippen LogP contribution in [0.5, 0.6) is 0 Å². The van der Waals surface area contributed by atoms with Crippen LogP contribution in [0, 0.1) is 29.1 Å². The maximum atomic E-state index is 12.1. The zero-order chi connectivity index (χ0) is 15.0. The lowest BCUT2D eigenvalue weighted by atomic mass is 9.63. The van der Waals surface area contributed by atoms with Crippen LogP contribution in [0.2, 0.25) is 0 Å². The highest BCUT2D eigenvalue weighted by molar-refractivity contribution is 6.12. The second-order valence-corrected chi connectivity index (χ2v) is 8.18. The van der Waals surface area contributed by atoms with Crippen LogP contribution in [0.15, 0.2) is 0 Å². The van der Waals surface area contributed by atoms with Crippen molar-refractivity contribution >= 4 is 11.6 Å². The maximum absolute atomic E-state index is 12.1. The first kappa shape index (κ1) is 15.2. The molecule has 3 fully saturated rings. The minimum absolute atomic E-state index is 0.259. The lowest BCUT2D eigenvalue weighted by molar-refractivity contribution is -0.138. The van der Waals surface area contributed by atoms with E-state index in [0.717, 1.165) is 49.4 Å². The minimum Gasteiger partial charge on any atom is -0.299 e. The fourth-order valence-electron chi connectivity index (χ4n) is 5.31. The van der Waals surface area contributed by atoms with Crippen molar-refractivity contribution < 1.29 is 9.59 Å². The van der Waals surface area contributed by atoms with Gasteiger partial charge in [-0.25, -0.2) is 0 Å². The Morgan fingerprint density at radius 2 is 1.29 bits per heavy atom. The molecule has 3 rings (SSSR count). The fourth-order valence-corrected chi connectivity index (χ4v) is 5.31. The molecule has 21 heavy (non-hydrogen) atoms. The number of rotatable bonds is 2. The molecule has 118 valence electrons. The van der Waals surface area contributed by atoms with Crippen molar-refractivity contribution in [2.45, 2.75) is 78.1 Å². The summed E-state index contributed by atoms with van der Waals surface area (Å²) < 4.78 is 0. The van der Waals surface area contributed by atoms with E-state index in [1.807, 2.05) is 0 Å². The van der Waals surface area contributed by atoms with Gasteiger partial charge in [-0.1, -0.05) is 13.8 Å². The third-order valence-corrected chi connectivity index (χ3v) is 6.96. The third kappa shape index (κ3) is 2.71. The highest BCUT2D eigenvalue weighted by atomic mass is 16.2. The molecule has 0 aromatic carbocycles. The van der Waals surface area contributed by atoms with E-state index in [1.54, 1.807) is 0 Å².